The molecule has 2 aromatic rings. The third-order valence-corrected chi connectivity index (χ3v) is 3.47. The molecule has 0 spiro atoms. The summed E-state index contributed by atoms with van der Waals surface area (Å²) in [4.78, 5) is 0. The molecule has 0 unspecified atom stereocenters. The summed E-state index contributed by atoms with van der Waals surface area (Å²) in [5.41, 5.74) is 5.31. The fourth-order valence-corrected chi connectivity index (χ4v) is 2.12. The van der Waals surface area contributed by atoms with Gasteiger partial charge in [0.25, 0.3) is 0 Å². The molecule has 0 fully saturated rings. The van der Waals surface area contributed by atoms with E-state index in [-0.39, 0.29) is 0 Å². The SMILES string of the molecule is CCc1ccccc1CNCc1cnn(C)c1C. The van der Waals surface area contributed by atoms with Gasteiger partial charge >= 0.3 is 0 Å². The van der Waals surface area contributed by atoms with Crippen LogP contribution in [0.4, 0.5) is 0 Å². The predicted molar refractivity (Wildman–Crippen MR) is 74.3 cm³/mol. The Kier molecular flexibility index (Phi) is 4.15. The van der Waals surface area contributed by atoms with Crippen molar-refractivity contribution in [3.8, 4) is 0 Å². The van der Waals surface area contributed by atoms with Crippen LogP contribution in [-0.4, -0.2) is 9.78 Å². The first kappa shape index (κ1) is 12.8. The van der Waals surface area contributed by atoms with Crippen molar-refractivity contribution < 1.29 is 0 Å². The zero-order valence-electron chi connectivity index (χ0n) is 11.4. The van der Waals surface area contributed by atoms with Crippen molar-refractivity contribution in [3.63, 3.8) is 0 Å². The number of nitrogens with zero attached hydrogens (tertiary/aromatic N) is 2. The van der Waals surface area contributed by atoms with Gasteiger partial charge in [-0.25, -0.2) is 0 Å². The van der Waals surface area contributed by atoms with E-state index in [1.54, 1.807) is 0 Å². The highest BCUT2D eigenvalue weighted by Crippen LogP contribution is 2.10. The second kappa shape index (κ2) is 5.83. The Bertz CT molecular complexity index is 514. The molecule has 1 heterocycles. The lowest BCUT2D eigenvalue weighted by molar-refractivity contribution is 0.680. The van der Waals surface area contributed by atoms with Crippen LogP contribution in [0.2, 0.25) is 0 Å². The van der Waals surface area contributed by atoms with E-state index in [1.807, 2.05) is 17.9 Å². The molecule has 1 aromatic heterocycles. The molecule has 0 amide bonds. The van der Waals surface area contributed by atoms with Crippen molar-refractivity contribution in [3.05, 3.63) is 52.8 Å². The van der Waals surface area contributed by atoms with Gasteiger partial charge in [0, 0.05) is 31.4 Å². The molecular weight excluding hydrogens is 222 g/mol. The van der Waals surface area contributed by atoms with E-state index in [0.29, 0.717) is 0 Å². The highest BCUT2D eigenvalue weighted by atomic mass is 15.3. The van der Waals surface area contributed by atoms with Crippen LogP contribution in [0, 0.1) is 6.92 Å². The molecule has 0 aliphatic carbocycles. The second-order valence-corrected chi connectivity index (χ2v) is 4.60. The molecule has 3 heteroatoms. The van der Waals surface area contributed by atoms with Crippen LogP contribution in [0.15, 0.2) is 30.5 Å². The van der Waals surface area contributed by atoms with Gasteiger partial charge in [0.1, 0.15) is 0 Å². The molecule has 1 aromatic carbocycles. The number of hydrogen-bond acceptors (Lipinski definition) is 2. The van der Waals surface area contributed by atoms with Crippen molar-refractivity contribution in [1.29, 1.82) is 0 Å². The van der Waals surface area contributed by atoms with E-state index in [0.717, 1.165) is 19.5 Å². The largest absolute Gasteiger partial charge is 0.308 e. The Morgan fingerprint density at radius 3 is 2.39 bits per heavy atom. The number of rotatable bonds is 5. The quantitative estimate of drug-likeness (QED) is 0.874. The maximum Gasteiger partial charge on any atom is 0.0537 e. The minimum absolute atomic E-state index is 0.873. The fraction of sp³-hybridized carbons (Fsp3) is 0.400. The summed E-state index contributed by atoms with van der Waals surface area (Å²) in [6, 6.07) is 8.60. The van der Waals surface area contributed by atoms with Crippen LogP contribution in [0.5, 0.6) is 0 Å². The Balaban J connectivity index is 1.94. The minimum atomic E-state index is 0.873. The fourth-order valence-electron chi connectivity index (χ4n) is 2.12. The Hall–Kier alpha value is -1.61. The lowest BCUT2D eigenvalue weighted by Gasteiger charge is -2.09. The first-order chi connectivity index (χ1) is 8.72. The van der Waals surface area contributed by atoms with Crippen LogP contribution in [0.1, 0.15) is 29.3 Å². The molecule has 0 aliphatic rings. The summed E-state index contributed by atoms with van der Waals surface area (Å²) in [6.07, 6.45) is 3.03. The van der Waals surface area contributed by atoms with Crippen molar-refractivity contribution in [2.24, 2.45) is 7.05 Å². The maximum atomic E-state index is 4.25. The zero-order chi connectivity index (χ0) is 13.0. The number of nitrogens with one attached hydrogen (secondary N) is 1. The van der Waals surface area contributed by atoms with Gasteiger partial charge in [-0.2, -0.15) is 5.10 Å². The van der Waals surface area contributed by atoms with Crippen molar-refractivity contribution in [1.82, 2.24) is 15.1 Å². The van der Waals surface area contributed by atoms with Crippen LogP contribution >= 0.6 is 0 Å². The Morgan fingerprint density at radius 1 is 1.11 bits per heavy atom. The molecule has 0 atom stereocenters. The Morgan fingerprint density at radius 2 is 1.78 bits per heavy atom. The van der Waals surface area contributed by atoms with Gasteiger partial charge in [0.05, 0.1) is 6.20 Å². The smallest absolute Gasteiger partial charge is 0.0537 e. The predicted octanol–water partition coefficient (Wildman–Crippen LogP) is 2.58. The van der Waals surface area contributed by atoms with Crippen molar-refractivity contribution in [2.45, 2.75) is 33.4 Å². The summed E-state index contributed by atoms with van der Waals surface area (Å²) < 4.78 is 1.91. The zero-order valence-corrected chi connectivity index (χ0v) is 11.4. The lowest BCUT2D eigenvalue weighted by atomic mass is 10.1. The summed E-state index contributed by atoms with van der Waals surface area (Å²) >= 11 is 0. The van der Waals surface area contributed by atoms with Gasteiger partial charge in [0.2, 0.25) is 0 Å². The average molecular weight is 243 g/mol. The molecule has 18 heavy (non-hydrogen) atoms. The summed E-state index contributed by atoms with van der Waals surface area (Å²) in [6.45, 7) is 6.09. The highest BCUT2D eigenvalue weighted by Gasteiger charge is 2.04. The van der Waals surface area contributed by atoms with E-state index >= 15 is 0 Å². The second-order valence-electron chi connectivity index (χ2n) is 4.60. The third kappa shape index (κ3) is 2.79. The van der Waals surface area contributed by atoms with E-state index in [4.69, 9.17) is 0 Å². The molecular formula is C15H21N3. The van der Waals surface area contributed by atoms with Crippen molar-refractivity contribution >= 4 is 0 Å². The Labute approximate surface area is 109 Å². The van der Waals surface area contributed by atoms with Gasteiger partial charge in [-0.05, 0) is 24.5 Å². The lowest BCUT2D eigenvalue weighted by Crippen LogP contribution is -2.14. The molecule has 3 nitrogen and oxygen atoms in total. The van der Waals surface area contributed by atoms with Gasteiger partial charge in [0.15, 0.2) is 0 Å². The number of benzene rings is 1. The summed E-state index contributed by atoms with van der Waals surface area (Å²) in [7, 11) is 1.98. The highest BCUT2D eigenvalue weighted by molar-refractivity contribution is 5.27. The van der Waals surface area contributed by atoms with Crippen molar-refractivity contribution in [2.75, 3.05) is 0 Å². The average Bonchev–Trinajstić information content (AvgIpc) is 2.71. The number of hydrogen-bond donors (Lipinski definition) is 1. The summed E-state index contributed by atoms with van der Waals surface area (Å²) in [5, 5.41) is 7.75. The third-order valence-electron chi connectivity index (χ3n) is 3.47. The molecule has 0 radical (unpaired) electrons. The van der Waals surface area contributed by atoms with Crippen LogP contribution in [0.25, 0.3) is 0 Å². The molecule has 0 aliphatic heterocycles. The van der Waals surface area contributed by atoms with E-state index in [9.17, 15) is 0 Å². The molecule has 1 N–H and O–H groups in total. The first-order valence-electron chi connectivity index (χ1n) is 6.47. The molecule has 2 rings (SSSR count). The normalized spacial score (nSPS) is 10.8. The molecule has 0 saturated heterocycles. The van der Waals surface area contributed by atoms with Crippen LogP contribution in [-0.2, 0) is 26.6 Å². The minimum Gasteiger partial charge on any atom is -0.308 e. The van der Waals surface area contributed by atoms with E-state index in [2.05, 4.69) is 48.5 Å². The summed E-state index contributed by atoms with van der Waals surface area (Å²) in [5.74, 6) is 0. The first-order valence-corrected chi connectivity index (χ1v) is 6.47. The number of aryl methyl sites for hydroxylation is 2. The van der Waals surface area contributed by atoms with Gasteiger partial charge in [-0.1, -0.05) is 31.2 Å². The molecule has 0 saturated carbocycles. The van der Waals surface area contributed by atoms with Gasteiger partial charge < -0.3 is 5.32 Å². The number of aromatic nitrogens is 2. The van der Waals surface area contributed by atoms with Gasteiger partial charge in [-0.15, -0.1) is 0 Å². The molecule has 96 valence electrons. The monoisotopic (exact) mass is 243 g/mol. The van der Waals surface area contributed by atoms with E-state index in [1.165, 1.54) is 22.4 Å². The van der Waals surface area contributed by atoms with Crippen LogP contribution < -0.4 is 5.32 Å². The maximum absolute atomic E-state index is 4.25. The van der Waals surface area contributed by atoms with Crippen LogP contribution in [0.3, 0.4) is 0 Å². The van der Waals surface area contributed by atoms with Gasteiger partial charge in [-0.3, -0.25) is 4.68 Å². The topological polar surface area (TPSA) is 29.9 Å². The standard InChI is InChI=1S/C15H21N3/c1-4-13-7-5-6-8-14(13)9-16-10-15-11-17-18(3)12(15)2/h5-8,11,16H,4,9-10H2,1-3H3. The van der Waals surface area contributed by atoms with E-state index < -0.39 is 0 Å². The molecule has 0 bridgehead atoms.